The average Bonchev–Trinajstić information content (AvgIpc) is 1.85. The molecule has 0 heterocycles. The van der Waals surface area contributed by atoms with Crippen molar-refractivity contribution in [1.82, 2.24) is 0 Å². The third-order valence-corrected chi connectivity index (χ3v) is 1.98. The van der Waals surface area contributed by atoms with E-state index >= 15 is 0 Å². The van der Waals surface area contributed by atoms with Gasteiger partial charge in [-0.1, -0.05) is 24.6 Å². The molecule has 0 radical (unpaired) electrons. The molecule has 60 valence electrons. The van der Waals surface area contributed by atoms with Crippen LogP contribution in [0.3, 0.4) is 0 Å². The molecule has 0 fully saturated rings. The van der Waals surface area contributed by atoms with Gasteiger partial charge in [0.15, 0.2) is 0 Å². The van der Waals surface area contributed by atoms with Gasteiger partial charge < -0.3 is 0 Å². The second kappa shape index (κ2) is 3.22. The first kappa shape index (κ1) is 8.54. The van der Waals surface area contributed by atoms with Crippen LogP contribution in [0, 0.1) is 5.92 Å². The van der Waals surface area contributed by atoms with Gasteiger partial charge in [-0.15, -0.1) is 0 Å². The summed E-state index contributed by atoms with van der Waals surface area (Å²) in [5.41, 5.74) is 1.96. The molecule has 0 aromatic heterocycles. The number of allylic oxidation sites excluding steroid dienone is 4. The SMILES string of the molecule is CC1=CC(C)C=C(C(=O)Cl)C1. The van der Waals surface area contributed by atoms with Gasteiger partial charge >= 0.3 is 0 Å². The number of hydrogen-bond acceptors (Lipinski definition) is 1. The lowest BCUT2D eigenvalue weighted by Crippen LogP contribution is -2.03. The molecule has 0 N–H and O–H groups in total. The van der Waals surface area contributed by atoms with E-state index in [-0.39, 0.29) is 5.24 Å². The molecule has 2 heteroatoms. The first-order valence-corrected chi connectivity index (χ1v) is 4.05. The minimum atomic E-state index is -0.315. The van der Waals surface area contributed by atoms with E-state index in [0.717, 1.165) is 5.57 Å². The van der Waals surface area contributed by atoms with Crippen LogP contribution in [0.5, 0.6) is 0 Å². The minimum absolute atomic E-state index is 0.315. The highest BCUT2D eigenvalue weighted by atomic mass is 35.5. The van der Waals surface area contributed by atoms with Gasteiger partial charge in [0.25, 0.3) is 0 Å². The first-order valence-electron chi connectivity index (χ1n) is 3.67. The van der Waals surface area contributed by atoms with Crippen LogP contribution in [0.25, 0.3) is 0 Å². The lowest BCUT2D eigenvalue weighted by atomic mass is 9.94. The van der Waals surface area contributed by atoms with Gasteiger partial charge in [0.2, 0.25) is 5.24 Å². The summed E-state index contributed by atoms with van der Waals surface area (Å²) in [4.78, 5) is 10.8. The number of carbonyl (C=O) groups excluding carboxylic acids is 1. The Labute approximate surface area is 71.7 Å². The average molecular weight is 171 g/mol. The fraction of sp³-hybridized carbons (Fsp3) is 0.444. The van der Waals surface area contributed by atoms with Crippen molar-refractivity contribution in [3.05, 3.63) is 23.3 Å². The van der Waals surface area contributed by atoms with Gasteiger partial charge in [0, 0.05) is 5.57 Å². The molecule has 1 nitrogen and oxygen atoms in total. The Hall–Kier alpha value is -0.560. The smallest absolute Gasteiger partial charge is 0.248 e. The molecule has 1 aliphatic rings. The van der Waals surface area contributed by atoms with Gasteiger partial charge in [-0.2, -0.15) is 0 Å². The summed E-state index contributed by atoms with van der Waals surface area (Å²) in [5, 5.41) is -0.315. The van der Waals surface area contributed by atoms with Crippen LogP contribution in [-0.4, -0.2) is 5.24 Å². The summed E-state index contributed by atoms with van der Waals surface area (Å²) in [6.45, 7) is 4.06. The Bertz CT molecular complexity index is 238. The molecule has 11 heavy (non-hydrogen) atoms. The van der Waals surface area contributed by atoms with E-state index in [4.69, 9.17) is 11.6 Å². The highest BCUT2D eigenvalue weighted by Crippen LogP contribution is 2.22. The third kappa shape index (κ3) is 2.19. The largest absolute Gasteiger partial charge is 0.276 e. The third-order valence-electron chi connectivity index (χ3n) is 1.73. The quantitative estimate of drug-likeness (QED) is 0.437. The lowest BCUT2D eigenvalue weighted by Gasteiger charge is -2.12. The molecule has 1 unspecified atom stereocenters. The molecule has 0 aromatic rings. The molecule has 0 saturated heterocycles. The van der Waals surface area contributed by atoms with Gasteiger partial charge in [-0.25, -0.2) is 0 Å². The topological polar surface area (TPSA) is 17.1 Å². The molecule has 0 amide bonds. The van der Waals surface area contributed by atoms with E-state index in [1.165, 1.54) is 5.57 Å². The van der Waals surface area contributed by atoms with Gasteiger partial charge in [0.1, 0.15) is 0 Å². The first-order chi connectivity index (χ1) is 5.09. The van der Waals surface area contributed by atoms with Crippen molar-refractivity contribution in [2.24, 2.45) is 5.92 Å². The van der Waals surface area contributed by atoms with Crippen molar-refractivity contribution in [2.75, 3.05) is 0 Å². The van der Waals surface area contributed by atoms with Crippen LogP contribution in [0.15, 0.2) is 23.3 Å². The fourth-order valence-electron chi connectivity index (χ4n) is 1.37. The highest BCUT2D eigenvalue weighted by molar-refractivity contribution is 6.67. The van der Waals surface area contributed by atoms with Crippen molar-refractivity contribution in [1.29, 1.82) is 0 Å². The second-order valence-electron chi connectivity index (χ2n) is 3.01. The molecular weight excluding hydrogens is 160 g/mol. The zero-order valence-corrected chi connectivity index (χ0v) is 7.48. The maximum absolute atomic E-state index is 10.8. The lowest BCUT2D eigenvalue weighted by molar-refractivity contribution is -0.108. The predicted octanol–water partition coefficient (Wildman–Crippen LogP) is 2.66. The van der Waals surface area contributed by atoms with E-state index in [2.05, 4.69) is 6.08 Å². The molecule has 0 spiro atoms. The summed E-state index contributed by atoms with van der Waals surface area (Å²) in [6.07, 6.45) is 4.78. The van der Waals surface area contributed by atoms with Crippen LogP contribution in [0.4, 0.5) is 0 Å². The Kier molecular flexibility index (Phi) is 2.50. The minimum Gasteiger partial charge on any atom is -0.276 e. The molecule has 1 rings (SSSR count). The summed E-state index contributed by atoms with van der Waals surface area (Å²) < 4.78 is 0. The van der Waals surface area contributed by atoms with Crippen molar-refractivity contribution in [3.8, 4) is 0 Å². The van der Waals surface area contributed by atoms with E-state index in [9.17, 15) is 4.79 Å². The van der Waals surface area contributed by atoms with Gasteiger partial charge in [-0.3, -0.25) is 4.79 Å². The molecule has 0 saturated carbocycles. The monoisotopic (exact) mass is 170 g/mol. The van der Waals surface area contributed by atoms with E-state index in [0.29, 0.717) is 12.3 Å². The van der Waals surface area contributed by atoms with E-state index in [1.807, 2.05) is 19.9 Å². The Morgan fingerprint density at radius 2 is 2.27 bits per heavy atom. The Morgan fingerprint density at radius 1 is 1.64 bits per heavy atom. The summed E-state index contributed by atoms with van der Waals surface area (Å²) in [6, 6.07) is 0. The van der Waals surface area contributed by atoms with Crippen LogP contribution < -0.4 is 0 Å². The summed E-state index contributed by atoms with van der Waals surface area (Å²) in [7, 11) is 0. The van der Waals surface area contributed by atoms with E-state index in [1.54, 1.807) is 0 Å². The summed E-state index contributed by atoms with van der Waals surface area (Å²) in [5.74, 6) is 0.349. The number of rotatable bonds is 1. The van der Waals surface area contributed by atoms with Crippen LogP contribution in [-0.2, 0) is 4.79 Å². The Balaban J connectivity index is 2.79. The number of hydrogen-bond donors (Lipinski definition) is 0. The number of carbonyl (C=O) groups is 1. The summed E-state index contributed by atoms with van der Waals surface area (Å²) >= 11 is 5.35. The second-order valence-corrected chi connectivity index (χ2v) is 3.36. The standard InChI is InChI=1S/C9H11ClO/c1-6-3-7(2)5-8(4-6)9(10)11/h3-4,6H,5H2,1-2H3. The van der Waals surface area contributed by atoms with Gasteiger partial charge in [0.05, 0.1) is 0 Å². The van der Waals surface area contributed by atoms with Crippen molar-refractivity contribution in [3.63, 3.8) is 0 Å². The van der Waals surface area contributed by atoms with Crippen molar-refractivity contribution >= 4 is 16.8 Å². The van der Waals surface area contributed by atoms with Crippen molar-refractivity contribution < 1.29 is 4.79 Å². The molecular formula is C9H11ClO. The maximum Gasteiger partial charge on any atom is 0.248 e. The normalized spacial score (nSPS) is 24.1. The maximum atomic E-state index is 10.8. The highest BCUT2D eigenvalue weighted by Gasteiger charge is 2.12. The fourth-order valence-corrected chi connectivity index (χ4v) is 1.50. The molecule has 1 atom stereocenters. The molecule has 0 aromatic carbocycles. The molecule has 0 aliphatic heterocycles. The van der Waals surface area contributed by atoms with Crippen LogP contribution >= 0.6 is 11.6 Å². The van der Waals surface area contributed by atoms with Crippen molar-refractivity contribution in [2.45, 2.75) is 20.3 Å². The van der Waals surface area contributed by atoms with Gasteiger partial charge in [-0.05, 0) is 30.9 Å². The van der Waals surface area contributed by atoms with E-state index < -0.39 is 0 Å². The molecule has 1 aliphatic carbocycles. The predicted molar refractivity (Wildman–Crippen MR) is 46.5 cm³/mol. The van der Waals surface area contributed by atoms with Crippen LogP contribution in [0.2, 0.25) is 0 Å². The molecule has 0 bridgehead atoms. The Morgan fingerprint density at radius 3 is 2.73 bits per heavy atom. The van der Waals surface area contributed by atoms with Crippen LogP contribution in [0.1, 0.15) is 20.3 Å². The zero-order chi connectivity index (χ0) is 8.43. The number of halogens is 1. The zero-order valence-electron chi connectivity index (χ0n) is 6.73.